The second-order valence-electron chi connectivity index (χ2n) is 8.09. The van der Waals surface area contributed by atoms with Crippen LogP contribution in [0.2, 0.25) is 0 Å². The quantitative estimate of drug-likeness (QED) is 0.304. The van der Waals surface area contributed by atoms with Gasteiger partial charge in [-0.3, -0.25) is 19.2 Å². The molecule has 1 aliphatic heterocycles. The zero-order chi connectivity index (χ0) is 26.6. The first-order valence-electron chi connectivity index (χ1n) is 11.0. The number of carbonyl (C=O) groups excluding carboxylic acids is 4. The van der Waals surface area contributed by atoms with E-state index in [0.717, 1.165) is 20.8 Å². The first kappa shape index (κ1) is 26.7. The van der Waals surface area contributed by atoms with Gasteiger partial charge in [-0.25, -0.2) is 4.79 Å². The van der Waals surface area contributed by atoms with Crippen LogP contribution in [0.5, 0.6) is 5.75 Å². The molecule has 36 heavy (non-hydrogen) atoms. The number of ether oxygens (including phenoxy) is 6. The van der Waals surface area contributed by atoms with Crippen LogP contribution in [0.3, 0.4) is 0 Å². The van der Waals surface area contributed by atoms with E-state index < -0.39 is 60.2 Å². The van der Waals surface area contributed by atoms with E-state index in [0.29, 0.717) is 10.9 Å². The Kier molecular flexibility index (Phi) is 8.30. The highest BCUT2D eigenvalue weighted by Gasteiger charge is 2.53. The van der Waals surface area contributed by atoms with Crippen molar-refractivity contribution in [1.82, 2.24) is 0 Å². The third kappa shape index (κ3) is 6.60. The molecule has 1 aliphatic rings. The molecule has 0 bridgehead atoms. The predicted octanol–water partition coefficient (Wildman–Crippen LogP) is 1.56. The number of hydrogen-bond acceptors (Lipinski definition) is 12. The topological polar surface area (TPSA) is 154 Å². The molecule has 3 rings (SSSR count). The Morgan fingerprint density at radius 2 is 1.44 bits per heavy atom. The van der Waals surface area contributed by atoms with Gasteiger partial charge < -0.3 is 32.8 Å². The Balaban J connectivity index is 2.02. The zero-order valence-corrected chi connectivity index (χ0v) is 20.3. The summed E-state index contributed by atoms with van der Waals surface area (Å²) in [6.45, 7) is 5.91. The Morgan fingerprint density at radius 3 is 2.06 bits per heavy atom. The molecule has 2 heterocycles. The third-order valence-corrected chi connectivity index (χ3v) is 5.12. The molecule has 194 valence electrons. The van der Waals surface area contributed by atoms with Crippen molar-refractivity contribution in [2.24, 2.45) is 0 Å². The van der Waals surface area contributed by atoms with E-state index in [4.69, 9.17) is 32.8 Å². The lowest BCUT2D eigenvalue weighted by molar-refractivity contribution is -0.288. The van der Waals surface area contributed by atoms with Crippen LogP contribution in [-0.2, 0) is 42.9 Å². The molecule has 1 fully saturated rings. The van der Waals surface area contributed by atoms with Crippen molar-refractivity contribution in [3.05, 3.63) is 40.2 Å². The smallest absolute Gasteiger partial charge is 0.336 e. The van der Waals surface area contributed by atoms with Gasteiger partial charge >= 0.3 is 29.5 Å². The average molecular weight is 506 g/mol. The summed E-state index contributed by atoms with van der Waals surface area (Å²) in [6, 6.07) is 6.03. The first-order valence-corrected chi connectivity index (χ1v) is 11.0. The number of fused-ring (bicyclic) bond motifs is 1. The SMILES string of the molecule is CC(=O)OC[C@@H]1O[C@@H](Oc2ccc3c(C)cc(=O)oc3c2)[C@@H](OC(C)=O)[C@H](OC(C)=O)[C@H]1OC(C)=O. The lowest BCUT2D eigenvalue weighted by Crippen LogP contribution is -2.63. The molecule has 1 saturated heterocycles. The van der Waals surface area contributed by atoms with Crippen molar-refractivity contribution in [1.29, 1.82) is 0 Å². The Bertz CT molecular complexity index is 1220. The second-order valence-corrected chi connectivity index (χ2v) is 8.09. The molecule has 0 aliphatic carbocycles. The molecule has 2 aromatic rings. The van der Waals surface area contributed by atoms with Gasteiger partial charge in [0, 0.05) is 45.2 Å². The van der Waals surface area contributed by atoms with Gasteiger partial charge in [0.15, 0.2) is 12.2 Å². The van der Waals surface area contributed by atoms with E-state index in [2.05, 4.69) is 0 Å². The second kappa shape index (κ2) is 11.2. The van der Waals surface area contributed by atoms with Crippen LogP contribution in [0, 0.1) is 6.92 Å². The molecule has 12 heteroatoms. The fourth-order valence-electron chi connectivity index (χ4n) is 3.80. The Labute approximate surface area is 205 Å². The number of carbonyl (C=O) groups is 4. The van der Waals surface area contributed by atoms with E-state index in [9.17, 15) is 24.0 Å². The van der Waals surface area contributed by atoms with Gasteiger partial charge in [-0.05, 0) is 24.6 Å². The summed E-state index contributed by atoms with van der Waals surface area (Å²) in [5.41, 5.74) is 0.382. The summed E-state index contributed by atoms with van der Waals surface area (Å²) >= 11 is 0. The highest BCUT2D eigenvalue weighted by Crippen LogP contribution is 2.32. The molecule has 5 atom stereocenters. The lowest BCUT2D eigenvalue weighted by Gasteiger charge is -2.43. The maximum atomic E-state index is 11.9. The van der Waals surface area contributed by atoms with Crippen molar-refractivity contribution >= 4 is 34.8 Å². The predicted molar refractivity (Wildman–Crippen MR) is 120 cm³/mol. The van der Waals surface area contributed by atoms with E-state index >= 15 is 0 Å². The van der Waals surface area contributed by atoms with Gasteiger partial charge in [0.2, 0.25) is 12.4 Å². The van der Waals surface area contributed by atoms with Gasteiger partial charge in [-0.1, -0.05) is 0 Å². The van der Waals surface area contributed by atoms with Crippen LogP contribution in [0.4, 0.5) is 0 Å². The van der Waals surface area contributed by atoms with Gasteiger partial charge in [-0.2, -0.15) is 0 Å². The molecule has 0 saturated carbocycles. The standard InChI is InChI=1S/C24H26O12/c1-11-8-20(29)35-18-9-16(6-7-17(11)18)34-24-23(33-15(5)28)22(32-14(4)27)21(31-13(3)26)19(36-24)10-30-12(2)25/h6-9,19,21-24H,10H2,1-5H3/t19-,21-,22+,23-,24+/m0/s1. The summed E-state index contributed by atoms with van der Waals surface area (Å²) in [5, 5.41) is 0.670. The van der Waals surface area contributed by atoms with Crippen molar-refractivity contribution in [3.8, 4) is 5.75 Å². The molecule has 0 amide bonds. The monoisotopic (exact) mass is 506 g/mol. The molecular weight excluding hydrogens is 480 g/mol. The van der Waals surface area contributed by atoms with Crippen LogP contribution in [0.25, 0.3) is 11.0 Å². The van der Waals surface area contributed by atoms with Crippen LogP contribution < -0.4 is 10.4 Å². The highest BCUT2D eigenvalue weighted by molar-refractivity contribution is 5.81. The molecular formula is C24H26O12. The molecule has 0 unspecified atom stereocenters. The van der Waals surface area contributed by atoms with Gasteiger partial charge in [0.05, 0.1) is 0 Å². The van der Waals surface area contributed by atoms with Gasteiger partial charge in [0.25, 0.3) is 0 Å². The van der Waals surface area contributed by atoms with Crippen LogP contribution in [0.1, 0.15) is 33.3 Å². The zero-order valence-electron chi connectivity index (χ0n) is 20.3. The Hall–Kier alpha value is -3.93. The minimum absolute atomic E-state index is 0.164. The fourth-order valence-corrected chi connectivity index (χ4v) is 3.80. The summed E-state index contributed by atoms with van der Waals surface area (Å²) in [6.07, 6.45) is -6.61. The van der Waals surface area contributed by atoms with E-state index in [1.165, 1.54) is 19.1 Å². The molecule has 0 spiro atoms. The molecule has 0 N–H and O–H groups in total. The van der Waals surface area contributed by atoms with E-state index in [1.54, 1.807) is 19.1 Å². The van der Waals surface area contributed by atoms with E-state index in [-0.39, 0.29) is 17.9 Å². The molecule has 1 aromatic heterocycles. The summed E-state index contributed by atoms with van der Waals surface area (Å²) in [4.78, 5) is 58.9. The maximum absolute atomic E-state index is 11.9. The van der Waals surface area contributed by atoms with Crippen molar-refractivity contribution in [3.63, 3.8) is 0 Å². The minimum Gasteiger partial charge on any atom is -0.463 e. The average Bonchev–Trinajstić information content (AvgIpc) is 2.75. The van der Waals surface area contributed by atoms with Crippen LogP contribution in [-0.4, -0.2) is 61.2 Å². The molecule has 12 nitrogen and oxygen atoms in total. The van der Waals surface area contributed by atoms with E-state index in [1.807, 2.05) is 0 Å². The Morgan fingerprint density at radius 1 is 0.833 bits per heavy atom. The van der Waals surface area contributed by atoms with Crippen molar-refractivity contribution in [2.75, 3.05) is 6.61 Å². The van der Waals surface area contributed by atoms with Crippen LogP contribution in [0.15, 0.2) is 33.5 Å². The number of benzene rings is 1. The van der Waals surface area contributed by atoms with Gasteiger partial charge in [0.1, 0.15) is 24.0 Å². The van der Waals surface area contributed by atoms with Crippen molar-refractivity contribution in [2.45, 2.75) is 65.3 Å². The highest BCUT2D eigenvalue weighted by atomic mass is 16.7. The first-order chi connectivity index (χ1) is 16.9. The molecule has 0 radical (unpaired) electrons. The number of esters is 4. The normalized spacial score (nSPS) is 23.4. The maximum Gasteiger partial charge on any atom is 0.336 e. The lowest BCUT2D eigenvalue weighted by atomic mass is 9.98. The summed E-state index contributed by atoms with van der Waals surface area (Å²) in [5.74, 6) is -2.73. The van der Waals surface area contributed by atoms with Crippen molar-refractivity contribution < 1.29 is 52.0 Å². The number of aryl methyl sites for hydroxylation is 1. The summed E-state index contributed by atoms with van der Waals surface area (Å²) < 4.78 is 38.2. The third-order valence-electron chi connectivity index (χ3n) is 5.12. The number of rotatable bonds is 7. The van der Waals surface area contributed by atoms with Crippen LogP contribution >= 0.6 is 0 Å². The minimum atomic E-state index is -1.40. The molecule has 1 aromatic carbocycles. The van der Waals surface area contributed by atoms with Gasteiger partial charge in [-0.15, -0.1) is 0 Å². The summed E-state index contributed by atoms with van der Waals surface area (Å²) in [7, 11) is 0. The fraction of sp³-hybridized carbons (Fsp3) is 0.458. The number of hydrogen-bond donors (Lipinski definition) is 0. The largest absolute Gasteiger partial charge is 0.463 e.